The van der Waals surface area contributed by atoms with Crippen LogP contribution in [0, 0.1) is 0 Å². The van der Waals surface area contributed by atoms with Gasteiger partial charge >= 0.3 is 5.97 Å². The molecule has 0 saturated heterocycles. The Morgan fingerprint density at radius 2 is 1.56 bits per heavy atom. The van der Waals surface area contributed by atoms with Gasteiger partial charge in [-0.1, -0.05) is 26.7 Å². The van der Waals surface area contributed by atoms with Crippen LogP contribution in [0.5, 0.6) is 17.2 Å². The van der Waals surface area contributed by atoms with Crippen molar-refractivity contribution in [2.75, 3.05) is 13.2 Å². The Kier molecular flexibility index (Phi) is 8.71. The zero-order valence-electron chi connectivity index (χ0n) is 20.5. The van der Waals surface area contributed by atoms with E-state index in [-0.39, 0.29) is 41.3 Å². The summed E-state index contributed by atoms with van der Waals surface area (Å²) < 4.78 is 17.0. The number of benzene rings is 2. The molecule has 36 heavy (non-hydrogen) atoms. The van der Waals surface area contributed by atoms with E-state index in [1.807, 2.05) is 13.8 Å². The third-order valence-electron chi connectivity index (χ3n) is 5.65. The molecule has 0 fully saturated rings. The largest absolute Gasteiger partial charge is 0.507 e. The first-order chi connectivity index (χ1) is 17.2. The number of fused-ring (bicyclic) bond motifs is 1. The van der Waals surface area contributed by atoms with Crippen LogP contribution in [0.4, 0.5) is 0 Å². The minimum Gasteiger partial charge on any atom is -0.507 e. The second-order valence-electron chi connectivity index (χ2n) is 8.47. The average molecular weight is 499 g/mol. The van der Waals surface area contributed by atoms with Crippen molar-refractivity contribution in [2.45, 2.75) is 52.6 Å². The van der Waals surface area contributed by atoms with Crippen LogP contribution in [-0.2, 0) is 12.8 Å². The molecule has 0 bridgehead atoms. The highest BCUT2D eigenvalue weighted by molar-refractivity contribution is 5.97. The van der Waals surface area contributed by atoms with Crippen molar-refractivity contribution in [3.8, 4) is 17.2 Å². The van der Waals surface area contributed by atoms with Gasteiger partial charge in [-0.2, -0.15) is 0 Å². The second-order valence-corrected chi connectivity index (χ2v) is 8.47. The van der Waals surface area contributed by atoms with Gasteiger partial charge in [-0.3, -0.25) is 9.59 Å². The van der Waals surface area contributed by atoms with Crippen molar-refractivity contribution in [1.29, 1.82) is 0 Å². The number of ketones is 1. The topological polar surface area (TPSA) is 144 Å². The van der Waals surface area contributed by atoms with E-state index < -0.39 is 23.3 Å². The van der Waals surface area contributed by atoms with Crippen LogP contribution in [0.25, 0.3) is 11.0 Å². The number of phenols is 1. The highest BCUT2D eigenvalue weighted by atomic mass is 16.5. The number of aliphatic hydroxyl groups is 1. The Morgan fingerprint density at radius 3 is 2.14 bits per heavy atom. The number of hydrogen-bond acceptors (Lipinski definition) is 8. The highest BCUT2D eigenvalue weighted by Crippen LogP contribution is 2.33. The zero-order valence-corrected chi connectivity index (χ0v) is 20.5. The molecule has 9 nitrogen and oxygen atoms in total. The normalized spacial score (nSPS) is 11.9. The molecule has 0 aliphatic rings. The molecular weight excluding hydrogens is 468 g/mol. The fourth-order valence-corrected chi connectivity index (χ4v) is 3.93. The average Bonchev–Trinajstić information content (AvgIpc) is 2.83. The van der Waals surface area contributed by atoms with Gasteiger partial charge in [0.1, 0.15) is 42.1 Å². The minimum atomic E-state index is -1.35. The third kappa shape index (κ3) is 5.85. The number of ether oxygens (including phenoxy) is 2. The number of carboxylic acids is 1. The number of carboxylic acid groups (broad SMARTS) is 1. The molecule has 0 aliphatic heterocycles. The van der Waals surface area contributed by atoms with Gasteiger partial charge in [0.15, 0.2) is 11.2 Å². The van der Waals surface area contributed by atoms with Crippen molar-refractivity contribution in [1.82, 2.24) is 0 Å². The Morgan fingerprint density at radius 1 is 0.972 bits per heavy atom. The van der Waals surface area contributed by atoms with Gasteiger partial charge in [0.05, 0.1) is 10.9 Å². The molecule has 1 atom stereocenters. The maximum atomic E-state index is 12.4. The summed E-state index contributed by atoms with van der Waals surface area (Å²) in [5, 5.41) is 30.5. The van der Waals surface area contributed by atoms with Gasteiger partial charge in [-0.15, -0.1) is 0 Å². The van der Waals surface area contributed by atoms with Gasteiger partial charge in [-0.25, -0.2) is 4.79 Å². The Hall–Kier alpha value is -3.85. The van der Waals surface area contributed by atoms with Crippen molar-refractivity contribution >= 4 is 22.7 Å². The summed E-state index contributed by atoms with van der Waals surface area (Å²) in [6, 6.07) is 7.12. The fraction of sp³-hybridized carbons (Fsp3) is 0.370. The van der Waals surface area contributed by atoms with E-state index in [1.165, 1.54) is 19.1 Å². The van der Waals surface area contributed by atoms with Crippen molar-refractivity contribution in [3.05, 3.63) is 63.0 Å². The van der Waals surface area contributed by atoms with Crippen LogP contribution in [0.3, 0.4) is 0 Å². The summed E-state index contributed by atoms with van der Waals surface area (Å²) in [4.78, 5) is 35.4. The number of Topliss-reactive ketones (excluding diaryl/α,β-unsaturated/α-hetero) is 1. The fourth-order valence-electron chi connectivity index (χ4n) is 3.93. The Balaban J connectivity index is 1.78. The van der Waals surface area contributed by atoms with Crippen LogP contribution in [0.15, 0.2) is 39.5 Å². The monoisotopic (exact) mass is 498 g/mol. The lowest BCUT2D eigenvalue weighted by Gasteiger charge is -2.18. The SMILES string of the molecule is CCCc1c(OC[C@H](O)COc2ccc3c(=O)cc(C(=O)O)oc3c2CCC)ccc(C(C)=O)c1O. The van der Waals surface area contributed by atoms with Crippen LogP contribution >= 0.6 is 0 Å². The molecule has 0 spiro atoms. The number of aromatic carboxylic acids is 1. The lowest BCUT2D eigenvalue weighted by atomic mass is 10.0. The molecule has 3 aromatic rings. The minimum absolute atomic E-state index is 0.116. The summed E-state index contributed by atoms with van der Waals surface area (Å²) in [5.41, 5.74) is 0.941. The zero-order chi connectivity index (χ0) is 26.4. The number of aryl methyl sites for hydroxylation is 1. The van der Waals surface area contributed by atoms with E-state index in [0.29, 0.717) is 41.9 Å². The summed E-state index contributed by atoms with van der Waals surface area (Å²) in [6.45, 7) is 4.95. The first-order valence-corrected chi connectivity index (χ1v) is 11.8. The smallest absolute Gasteiger partial charge is 0.371 e. The third-order valence-corrected chi connectivity index (χ3v) is 5.65. The summed E-state index contributed by atoms with van der Waals surface area (Å²) >= 11 is 0. The predicted octanol–water partition coefficient (Wildman–Crippen LogP) is 4.12. The van der Waals surface area contributed by atoms with Crippen LogP contribution in [-0.4, -0.2) is 46.4 Å². The molecule has 1 aromatic heterocycles. The van der Waals surface area contributed by atoms with E-state index in [0.717, 1.165) is 12.5 Å². The first-order valence-electron chi connectivity index (χ1n) is 11.8. The molecule has 3 N–H and O–H groups in total. The van der Waals surface area contributed by atoms with E-state index in [2.05, 4.69) is 0 Å². The summed E-state index contributed by atoms with van der Waals surface area (Å²) in [7, 11) is 0. The summed E-state index contributed by atoms with van der Waals surface area (Å²) in [6.07, 6.45) is 1.32. The number of aliphatic hydroxyl groups excluding tert-OH is 1. The molecular formula is C27H30O9. The lowest BCUT2D eigenvalue weighted by molar-refractivity contribution is 0.0618. The number of hydrogen-bond donors (Lipinski definition) is 3. The van der Waals surface area contributed by atoms with Crippen LogP contribution in [0.2, 0.25) is 0 Å². The van der Waals surface area contributed by atoms with E-state index in [9.17, 15) is 29.7 Å². The van der Waals surface area contributed by atoms with Gasteiger partial charge < -0.3 is 29.2 Å². The molecule has 9 heteroatoms. The quantitative estimate of drug-likeness (QED) is 0.314. The first kappa shape index (κ1) is 26.7. The lowest BCUT2D eigenvalue weighted by Crippen LogP contribution is -2.25. The maximum absolute atomic E-state index is 12.4. The molecule has 2 aromatic carbocycles. The van der Waals surface area contributed by atoms with Crippen molar-refractivity contribution < 1.29 is 38.8 Å². The van der Waals surface area contributed by atoms with Crippen LogP contribution < -0.4 is 14.9 Å². The van der Waals surface area contributed by atoms with Crippen molar-refractivity contribution in [3.63, 3.8) is 0 Å². The molecule has 192 valence electrons. The molecule has 0 saturated carbocycles. The number of carbonyl (C=O) groups is 2. The van der Waals surface area contributed by atoms with Crippen molar-refractivity contribution in [2.24, 2.45) is 0 Å². The number of phenolic OH excluding ortho intramolecular Hbond substituents is 1. The molecule has 0 amide bonds. The van der Waals surface area contributed by atoms with Gasteiger partial charge in [0.25, 0.3) is 0 Å². The second kappa shape index (κ2) is 11.7. The standard InChI is InChI=1S/C27H30O9/c1-4-6-19-22(10-8-17(15(3)28)25(19)31)34-13-16(29)14-35-23-11-9-18-21(30)12-24(27(32)33)36-26(18)20(23)7-5-2/h8-12,16,29,31H,4-7,13-14H2,1-3H3,(H,32,33)/t16-/m0/s1. The van der Waals surface area contributed by atoms with Gasteiger partial charge in [-0.05, 0) is 44.0 Å². The number of carbonyl (C=O) groups excluding carboxylic acids is 1. The predicted molar refractivity (Wildman–Crippen MR) is 133 cm³/mol. The molecule has 0 radical (unpaired) electrons. The number of rotatable bonds is 12. The molecule has 3 rings (SSSR count). The highest BCUT2D eigenvalue weighted by Gasteiger charge is 2.19. The van der Waals surface area contributed by atoms with Crippen LogP contribution in [0.1, 0.15) is 65.7 Å². The van der Waals surface area contributed by atoms with E-state index in [4.69, 9.17) is 13.9 Å². The Bertz CT molecular complexity index is 1320. The van der Waals surface area contributed by atoms with E-state index >= 15 is 0 Å². The molecule has 0 aliphatic carbocycles. The molecule has 1 heterocycles. The van der Waals surface area contributed by atoms with Gasteiger partial charge in [0.2, 0.25) is 5.76 Å². The maximum Gasteiger partial charge on any atom is 0.371 e. The van der Waals surface area contributed by atoms with E-state index in [1.54, 1.807) is 12.1 Å². The number of aromatic hydroxyl groups is 1. The summed E-state index contributed by atoms with van der Waals surface area (Å²) in [5.74, 6) is -1.44. The Labute approximate surface area is 207 Å². The van der Waals surface area contributed by atoms with Gasteiger partial charge in [0, 0.05) is 17.2 Å². The molecule has 0 unspecified atom stereocenters.